The molecule has 0 atom stereocenters. The van der Waals surface area contributed by atoms with Crippen molar-refractivity contribution in [2.24, 2.45) is 0 Å². The summed E-state index contributed by atoms with van der Waals surface area (Å²) in [5.41, 5.74) is 0.249. The molecule has 0 aliphatic rings. The first-order chi connectivity index (χ1) is 11.1. The summed E-state index contributed by atoms with van der Waals surface area (Å²) in [7, 11) is 0. The van der Waals surface area contributed by atoms with Crippen LogP contribution in [0.25, 0.3) is 0 Å². The molecule has 0 spiro atoms. The molecule has 1 rings (SSSR count). The zero-order valence-electron chi connectivity index (χ0n) is 12.6. The number of aliphatic hydroxyl groups excluding tert-OH is 1. The molecule has 7 nitrogen and oxygen atoms in total. The highest BCUT2D eigenvalue weighted by molar-refractivity contribution is 6.06. The minimum atomic E-state index is -1.10. The van der Waals surface area contributed by atoms with Crippen molar-refractivity contribution in [2.45, 2.75) is 19.3 Å². The highest BCUT2D eigenvalue weighted by Gasteiger charge is 2.10. The van der Waals surface area contributed by atoms with Crippen LogP contribution in [0.15, 0.2) is 36.0 Å². The summed E-state index contributed by atoms with van der Waals surface area (Å²) >= 11 is 0. The van der Waals surface area contributed by atoms with Crippen molar-refractivity contribution in [3.8, 4) is 6.07 Å². The Morgan fingerprint density at radius 2 is 2.04 bits per heavy atom. The molecule has 1 amide bonds. The van der Waals surface area contributed by atoms with E-state index in [0.29, 0.717) is 12.2 Å². The van der Waals surface area contributed by atoms with Gasteiger partial charge in [-0.05, 0) is 37.5 Å². The van der Waals surface area contributed by atoms with E-state index in [1.165, 1.54) is 24.4 Å². The lowest BCUT2D eigenvalue weighted by molar-refractivity contribution is -0.112. The van der Waals surface area contributed by atoms with E-state index in [-0.39, 0.29) is 17.7 Å². The van der Waals surface area contributed by atoms with Crippen LogP contribution in [-0.4, -0.2) is 35.2 Å². The van der Waals surface area contributed by atoms with Gasteiger partial charge in [-0.15, -0.1) is 0 Å². The van der Waals surface area contributed by atoms with Gasteiger partial charge in [0.2, 0.25) is 0 Å². The van der Waals surface area contributed by atoms with Gasteiger partial charge in [0.15, 0.2) is 0 Å². The monoisotopic (exact) mass is 317 g/mol. The van der Waals surface area contributed by atoms with Gasteiger partial charge in [0.1, 0.15) is 11.6 Å². The Kier molecular flexibility index (Phi) is 7.89. The first-order valence-corrected chi connectivity index (χ1v) is 7.17. The number of nitrogens with zero attached hydrogens (tertiary/aromatic N) is 1. The molecule has 0 bridgehead atoms. The highest BCUT2D eigenvalue weighted by atomic mass is 16.4. The second-order valence-electron chi connectivity index (χ2n) is 4.75. The summed E-state index contributed by atoms with van der Waals surface area (Å²) in [6, 6.07) is 7.57. The van der Waals surface area contributed by atoms with Gasteiger partial charge in [-0.3, -0.25) is 4.79 Å². The molecule has 122 valence electrons. The summed E-state index contributed by atoms with van der Waals surface area (Å²) in [5, 5.41) is 31.9. The Morgan fingerprint density at radius 3 is 2.70 bits per heavy atom. The van der Waals surface area contributed by atoms with Crippen molar-refractivity contribution in [2.75, 3.05) is 18.5 Å². The molecular formula is C16H19N3O4. The number of amides is 1. The second kappa shape index (κ2) is 9.97. The summed E-state index contributed by atoms with van der Waals surface area (Å²) in [6.45, 7) is 0.740. The van der Waals surface area contributed by atoms with E-state index >= 15 is 0 Å². The van der Waals surface area contributed by atoms with Crippen molar-refractivity contribution >= 4 is 17.6 Å². The molecule has 0 unspecified atom stereocenters. The van der Waals surface area contributed by atoms with Gasteiger partial charge in [0.25, 0.3) is 5.91 Å². The molecule has 4 N–H and O–H groups in total. The average molecular weight is 317 g/mol. The third-order valence-corrected chi connectivity index (χ3v) is 2.96. The number of carbonyl (C=O) groups excluding carboxylic acids is 1. The van der Waals surface area contributed by atoms with Crippen LogP contribution >= 0.6 is 0 Å². The van der Waals surface area contributed by atoms with Crippen LogP contribution in [0.1, 0.15) is 29.6 Å². The van der Waals surface area contributed by atoms with Crippen LogP contribution in [0.5, 0.6) is 0 Å². The number of carboxylic acids is 1. The molecule has 23 heavy (non-hydrogen) atoms. The number of hydrogen-bond acceptors (Lipinski definition) is 5. The van der Waals surface area contributed by atoms with Crippen LogP contribution < -0.4 is 10.6 Å². The Bertz CT molecular complexity index is 620. The number of aromatic carboxylic acids is 1. The molecule has 7 heteroatoms. The lowest BCUT2D eigenvalue weighted by atomic mass is 10.2. The maximum absolute atomic E-state index is 12.0. The van der Waals surface area contributed by atoms with E-state index < -0.39 is 11.9 Å². The lowest BCUT2D eigenvalue weighted by Crippen LogP contribution is -2.17. The first-order valence-electron chi connectivity index (χ1n) is 7.17. The smallest absolute Gasteiger partial charge is 0.335 e. The van der Waals surface area contributed by atoms with Crippen molar-refractivity contribution in [1.82, 2.24) is 5.32 Å². The largest absolute Gasteiger partial charge is 0.478 e. The number of hydrogen-bond donors (Lipinski definition) is 4. The van der Waals surface area contributed by atoms with E-state index in [1.807, 2.05) is 0 Å². The van der Waals surface area contributed by atoms with Gasteiger partial charge in [0.05, 0.1) is 5.56 Å². The molecule has 1 aromatic rings. The number of nitriles is 1. The first kappa shape index (κ1) is 18.2. The second-order valence-corrected chi connectivity index (χ2v) is 4.75. The zero-order chi connectivity index (χ0) is 17.1. The van der Waals surface area contributed by atoms with Crippen molar-refractivity contribution in [3.05, 3.63) is 41.6 Å². The van der Waals surface area contributed by atoms with Gasteiger partial charge >= 0.3 is 5.97 Å². The van der Waals surface area contributed by atoms with Gasteiger partial charge in [-0.25, -0.2) is 4.79 Å². The van der Waals surface area contributed by atoms with E-state index in [2.05, 4.69) is 10.6 Å². The predicted octanol–water partition coefficient (Wildman–Crippen LogP) is 1.48. The van der Waals surface area contributed by atoms with Gasteiger partial charge in [-0.2, -0.15) is 5.26 Å². The highest BCUT2D eigenvalue weighted by Crippen LogP contribution is 2.11. The van der Waals surface area contributed by atoms with Gasteiger partial charge in [0, 0.05) is 25.0 Å². The number of unbranched alkanes of at least 4 members (excludes halogenated alkanes) is 2. The minimum Gasteiger partial charge on any atom is -0.478 e. The number of nitrogens with one attached hydrogen (secondary N) is 2. The normalized spacial score (nSPS) is 10.7. The molecule has 0 aliphatic heterocycles. The van der Waals surface area contributed by atoms with E-state index in [1.54, 1.807) is 12.1 Å². The number of rotatable bonds is 9. The molecule has 0 saturated carbocycles. The molecular weight excluding hydrogens is 298 g/mol. The summed E-state index contributed by atoms with van der Waals surface area (Å²) < 4.78 is 0. The Morgan fingerprint density at radius 1 is 1.26 bits per heavy atom. The summed E-state index contributed by atoms with van der Waals surface area (Å²) in [4.78, 5) is 22.8. The predicted molar refractivity (Wildman–Crippen MR) is 84.7 cm³/mol. The molecule has 0 radical (unpaired) electrons. The quantitative estimate of drug-likeness (QED) is 0.311. The van der Waals surface area contributed by atoms with Crippen LogP contribution in [0.4, 0.5) is 5.69 Å². The summed E-state index contributed by atoms with van der Waals surface area (Å²) in [5.74, 6) is -1.71. The Labute approximate surface area is 134 Å². The van der Waals surface area contributed by atoms with Crippen molar-refractivity contribution in [3.63, 3.8) is 0 Å². The number of carbonyl (C=O) groups is 2. The topological polar surface area (TPSA) is 122 Å². The van der Waals surface area contributed by atoms with Crippen LogP contribution in [0.2, 0.25) is 0 Å². The molecule has 0 aromatic heterocycles. The number of carboxylic acid groups (broad SMARTS) is 1. The summed E-state index contributed by atoms with van der Waals surface area (Å²) in [6.07, 6.45) is 3.72. The van der Waals surface area contributed by atoms with Gasteiger partial charge in [-0.1, -0.05) is 6.07 Å². The van der Waals surface area contributed by atoms with E-state index in [0.717, 1.165) is 19.3 Å². The Balaban J connectivity index is 2.58. The molecule has 1 aromatic carbocycles. The van der Waals surface area contributed by atoms with Crippen LogP contribution in [-0.2, 0) is 4.79 Å². The third kappa shape index (κ3) is 6.63. The maximum atomic E-state index is 12.0. The fourth-order valence-corrected chi connectivity index (χ4v) is 1.77. The van der Waals surface area contributed by atoms with Crippen molar-refractivity contribution in [1.29, 1.82) is 5.26 Å². The Hall–Kier alpha value is -2.85. The maximum Gasteiger partial charge on any atom is 0.335 e. The van der Waals surface area contributed by atoms with Crippen LogP contribution in [0.3, 0.4) is 0 Å². The molecule has 0 aliphatic carbocycles. The molecule has 0 heterocycles. The average Bonchev–Trinajstić information content (AvgIpc) is 2.54. The molecule has 0 saturated heterocycles. The zero-order valence-corrected chi connectivity index (χ0v) is 12.6. The molecule has 0 fully saturated rings. The SMILES string of the molecule is N#C/C(=C/NCCCCCO)C(=O)Nc1cccc(C(=O)O)c1. The fourth-order valence-electron chi connectivity index (χ4n) is 1.77. The fraction of sp³-hybridized carbons (Fsp3) is 0.312. The van der Waals surface area contributed by atoms with E-state index in [9.17, 15) is 9.59 Å². The van der Waals surface area contributed by atoms with E-state index in [4.69, 9.17) is 15.5 Å². The minimum absolute atomic E-state index is 0.0484. The number of aliphatic hydroxyl groups is 1. The number of anilines is 1. The van der Waals surface area contributed by atoms with Crippen LogP contribution in [0, 0.1) is 11.3 Å². The lowest BCUT2D eigenvalue weighted by Gasteiger charge is -2.06. The van der Waals surface area contributed by atoms with Crippen molar-refractivity contribution < 1.29 is 19.8 Å². The standard InChI is InChI=1S/C16H19N3O4/c17-10-13(11-18-7-2-1-3-8-20)15(21)19-14-6-4-5-12(9-14)16(22)23/h4-6,9,11,18,20H,1-3,7-8H2,(H,19,21)(H,22,23)/b13-11-. The van der Waals surface area contributed by atoms with Gasteiger partial charge < -0.3 is 20.8 Å². The third-order valence-electron chi connectivity index (χ3n) is 2.96. The number of benzene rings is 1.